The summed E-state index contributed by atoms with van der Waals surface area (Å²) in [5, 5.41) is 20.5. The zero-order valence-electron chi connectivity index (χ0n) is 60.5. The van der Waals surface area contributed by atoms with Crippen LogP contribution in [0, 0.1) is 0 Å². The molecule has 2 rings (SSSR count). The minimum atomic E-state index is -5.20. The van der Waals surface area contributed by atoms with Crippen LogP contribution >= 0.6 is 15.6 Å². The molecule has 0 spiro atoms. The van der Waals surface area contributed by atoms with E-state index in [2.05, 4.69) is 27.7 Å². The van der Waals surface area contributed by atoms with E-state index in [9.17, 15) is 57.9 Å². The summed E-state index contributed by atoms with van der Waals surface area (Å²) < 4.78 is 66.7. The normalized spacial score (nSPS) is 14.1. The Morgan fingerprint density at radius 3 is 1.02 bits per heavy atom. The first-order valence-corrected chi connectivity index (χ1v) is 38.9. The Labute approximate surface area is 621 Å². The summed E-state index contributed by atoms with van der Waals surface area (Å²) in [6.45, 7) is 8.17. The molecule has 2 N–H and O–H groups in total. The van der Waals surface area contributed by atoms with Gasteiger partial charge >= 0.3 is 83.0 Å². The van der Waals surface area contributed by atoms with Gasteiger partial charge in [0.2, 0.25) is 11.6 Å². The van der Waals surface area contributed by atoms with Gasteiger partial charge in [0.1, 0.15) is 25.1 Å². The van der Waals surface area contributed by atoms with Gasteiger partial charge in [0.25, 0.3) is 15.6 Å². The molecule has 96 heavy (non-hydrogen) atoms. The zero-order valence-corrected chi connectivity index (χ0v) is 66.3. The van der Waals surface area contributed by atoms with E-state index in [-0.39, 0.29) is 108 Å². The summed E-state index contributed by atoms with van der Waals surface area (Å²) in [5.74, 6) is -3.47. The van der Waals surface area contributed by atoms with E-state index in [0.717, 1.165) is 108 Å². The van der Waals surface area contributed by atoms with E-state index >= 15 is 0 Å². The van der Waals surface area contributed by atoms with Crippen LogP contribution in [0.5, 0.6) is 0 Å². The number of fused-ring (bicyclic) bond motifs is 1. The first kappa shape index (κ1) is 96.0. The molecule has 20 nitrogen and oxygen atoms in total. The van der Waals surface area contributed by atoms with Gasteiger partial charge in [-0.15, -0.1) is 0 Å². The van der Waals surface area contributed by atoms with Crippen molar-refractivity contribution in [1.29, 1.82) is 0 Å². The summed E-state index contributed by atoms with van der Waals surface area (Å²) in [6, 6.07) is 6.62. The Balaban J connectivity index is 0. The number of carbonyl (C=O) groups is 6. The summed E-state index contributed by atoms with van der Waals surface area (Å²) in [4.78, 5) is 100. The van der Waals surface area contributed by atoms with Crippen LogP contribution in [0.25, 0.3) is 5.76 Å². The van der Waals surface area contributed by atoms with Crippen molar-refractivity contribution < 1.29 is 154 Å². The van der Waals surface area contributed by atoms with Crippen LogP contribution in [0.3, 0.4) is 0 Å². The monoisotopic (exact) mass is 1410 g/mol. The molecule has 0 saturated carbocycles. The maximum atomic E-state index is 12.8. The van der Waals surface area contributed by atoms with Crippen LogP contribution in [0.15, 0.2) is 41.5 Å². The third-order valence-corrected chi connectivity index (χ3v) is 17.9. The molecule has 4 unspecified atom stereocenters. The Morgan fingerprint density at radius 1 is 0.427 bits per heavy atom. The number of hydrogen-bond donors (Lipinski definition) is 2. The van der Waals surface area contributed by atoms with Crippen molar-refractivity contribution in [3.05, 3.63) is 52.6 Å². The Bertz CT molecular complexity index is 2280. The van der Waals surface area contributed by atoms with Crippen LogP contribution < -0.4 is 68.9 Å². The number of aliphatic hydroxyl groups is 2. The molecule has 0 bridgehead atoms. The van der Waals surface area contributed by atoms with Crippen LogP contribution in [-0.2, 0) is 70.1 Å². The van der Waals surface area contributed by atoms with Gasteiger partial charge in [0.05, 0.1) is 26.4 Å². The van der Waals surface area contributed by atoms with Gasteiger partial charge in [-0.3, -0.25) is 37.9 Å². The number of Topliss-reactive ketones (excluding diaryl/α,β-unsaturated/α-hetero) is 2. The van der Waals surface area contributed by atoms with E-state index in [1.54, 1.807) is 24.3 Å². The fourth-order valence-corrected chi connectivity index (χ4v) is 11.9. The molecule has 0 fully saturated rings. The zero-order chi connectivity index (χ0) is 69.5. The van der Waals surface area contributed by atoms with Crippen molar-refractivity contribution in [2.45, 2.75) is 323 Å². The summed E-state index contributed by atoms with van der Waals surface area (Å²) in [5.41, 5.74) is 1.94. The first-order chi connectivity index (χ1) is 45.2. The third kappa shape index (κ3) is 52.8. The SMILES string of the molecule is CC(C)=CCC1=C(O)c2ccccc2C(=O)C1=O.CCCCCCCCCCCC(=O)OCC(COP(=O)([O-])OCC(O)COP(=O)([O-])OCC(COC(=O)CCCCCCCCCCC)OC(=O)CCCCCCCCCCC)OC(=O)CCCCCCCCCCC.[Na+].[Na+]. The van der Waals surface area contributed by atoms with Crippen LogP contribution in [-0.4, -0.2) is 104 Å². The summed E-state index contributed by atoms with van der Waals surface area (Å²) in [6.07, 6.45) is 36.3. The number of unbranched alkanes of at least 4 members (excludes halogenated alkanes) is 32. The van der Waals surface area contributed by atoms with E-state index < -0.39 is 109 Å². The predicted octanol–water partition coefficient (Wildman–Crippen LogP) is 11.0. The van der Waals surface area contributed by atoms with Crippen molar-refractivity contribution >= 4 is 56.8 Å². The first-order valence-electron chi connectivity index (χ1n) is 36.0. The fourth-order valence-electron chi connectivity index (χ4n) is 10.3. The van der Waals surface area contributed by atoms with Gasteiger partial charge in [0, 0.05) is 42.4 Å². The number of allylic oxidation sites excluding steroid dienone is 3. The minimum Gasteiger partial charge on any atom is -0.756 e. The maximum absolute atomic E-state index is 12.8. The van der Waals surface area contributed by atoms with E-state index in [4.69, 9.17) is 37.0 Å². The van der Waals surface area contributed by atoms with Gasteiger partial charge in [-0.25, -0.2) is 0 Å². The standard InChI is InChI=1S/C57H110O17P2.C15H14O3.2Na/c1-5-9-13-17-21-25-29-33-37-41-54(59)67-47-52(73-56(61)43-39-35-31-27-23-19-15-11-7-3)49-71-75(63,64)69-45-51(58)46-70-76(65,66)72-50-53(74-57(62)44-40-36-32-28-24-20-16-12-8-4)48-68-55(60)42-38-34-30-26-22-18-14-10-6-2;1-9(2)7-8-12-13(16)10-5-3-4-6-11(10)14(17)15(12)18;;/h51-53,58H,5-50H2,1-4H3,(H,63,64)(H,65,66);3-7,16H,8H2,1-2H3;;/q;;2*+1/p-2. The summed E-state index contributed by atoms with van der Waals surface area (Å²) in [7, 11) is -10.4. The number of hydrogen-bond acceptors (Lipinski definition) is 20. The molecule has 1 aromatic carbocycles. The molecule has 24 heteroatoms. The molecule has 4 atom stereocenters. The maximum Gasteiger partial charge on any atom is 1.00 e. The predicted molar refractivity (Wildman–Crippen MR) is 363 cm³/mol. The third-order valence-electron chi connectivity index (χ3n) is 16.0. The summed E-state index contributed by atoms with van der Waals surface area (Å²) >= 11 is 0. The Morgan fingerprint density at radius 2 is 0.708 bits per heavy atom. The van der Waals surface area contributed by atoms with Crippen molar-refractivity contribution in [2.75, 3.05) is 39.6 Å². The Hall–Kier alpha value is -2.10. The molecule has 0 aromatic heterocycles. The second kappa shape index (κ2) is 62.7. The van der Waals surface area contributed by atoms with Crippen LogP contribution in [0.1, 0.15) is 321 Å². The quantitative estimate of drug-likeness (QED) is 0.0116. The molecule has 1 aliphatic rings. The second-order valence-electron chi connectivity index (χ2n) is 25.2. The second-order valence-corrected chi connectivity index (χ2v) is 28.0. The molecule has 0 saturated heterocycles. The molecule has 1 aliphatic carbocycles. The van der Waals surface area contributed by atoms with Gasteiger partial charge in [0.15, 0.2) is 12.2 Å². The van der Waals surface area contributed by atoms with Gasteiger partial charge in [-0.1, -0.05) is 269 Å². The van der Waals surface area contributed by atoms with Crippen molar-refractivity contribution in [2.24, 2.45) is 0 Å². The van der Waals surface area contributed by atoms with Crippen LogP contribution in [0.4, 0.5) is 0 Å². The number of rotatable bonds is 60. The van der Waals surface area contributed by atoms with Crippen molar-refractivity contribution in [3.8, 4) is 0 Å². The molecule has 0 amide bonds. The molecule has 0 heterocycles. The number of ketones is 2. The van der Waals surface area contributed by atoms with Gasteiger partial charge in [-0.2, -0.15) is 0 Å². The number of phosphoric acid groups is 2. The largest absolute Gasteiger partial charge is 1.00 e. The molecule has 542 valence electrons. The van der Waals surface area contributed by atoms with Crippen molar-refractivity contribution in [1.82, 2.24) is 0 Å². The Kier molecular flexibility index (Phi) is 62.6. The molecule has 0 aliphatic heterocycles. The molecule has 1 aromatic rings. The van der Waals surface area contributed by atoms with Gasteiger partial charge < -0.3 is 57.0 Å². The number of phosphoric ester groups is 2. The topological polar surface area (TPSA) is 297 Å². The average Bonchev–Trinajstić information content (AvgIpc) is 0.789. The van der Waals surface area contributed by atoms with E-state index in [0.29, 0.717) is 31.2 Å². The molecular weight excluding hydrogens is 1290 g/mol. The fraction of sp³-hybridized carbons (Fsp3) is 0.778. The number of carbonyl (C=O) groups excluding carboxylic acids is 6. The van der Waals surface area contributed by atoms with Crippen LogP contribution in [0.2, 0.25) is 0 Å². The molecule has 0 radical (unpaired) electrons. The minimum absolute atomic E-state index is 0. The smallest absolute Gasteiger partial charge is 0.756 e. The van der Waals surface area contributed by atoms with Crippen molar-refractivity contribution in [3.63, 3.8) is 0 Å². The molecular formula is C72H122Na2O20P2. The average molecular weight is 1420 g/mol. The number of ether oxygens (including phenoxy) is 4. The number of benzene rings is 1. The number of esters is 4. The van der Waals surface area contributed by atoms with Gasteiger partial charge in [-0.05, 0) is 46.0 Å². The number of aliphatic hydroxyl groups excluding tert-OH is 2. The van der Waals surface area contributed by atoms with E-state index in [1.165, 1.54) is 103 Å². The van der Waals surface area contributed by atoms with E-state index in [1.807, 2.05) is 19.9 Å².